The van der Waals surface area contributed by atoms with E-state index in [1.165, 1.54) is 0 Å². The molecule has 5 nitrogen and oxygen atoms in total. The number of hydrogen-bond donors (Lipinski definition) is 3. The molecule has 2 aromatic carbocycles. The Morgan fingerprint density at radius 3 is 2.30 bits per heavy atom. The van der Waals surface area contributed by atoms with Gasteiger partial charge in [0, 0.05) is 5.69 Å². The molecular formula is C18H19NO4. The molecule has 2 aromatic rings. The molecule has 0 aliphatic rings. The van der Waals surface area contributed by atoms with E-state index >= 15 is 0 Å². The van der Waals surface area contributed by atoms with E-state index in [0.29, 0.717) is 11.3 Å². The summed E-state index contributed by atoms with van der Waals surface area (Å²) >= 11 is 0. The number of nitrogens with one attached hydrogen (secondary N) is 1. The lowest BCUT2D eigenvalue weighted by molar-refractivity contribution is -0.138. The van der Waals surface area contributed by atoms with Gasteiger partial charge in [0.05, 0.1) is 18.4 Å². The summed E-state index contributed by atoms with van der Waals surface area (Å²) in [5, 5.41) is 21.3. The Bertz CT molecular complexity index is 684. The highest BCUT2D eigenvalue weighted by atomic mass is 16.4. The van der Waals surface area contributed by atoms with Crippen LogP contribution in [0.3, 0.4) is 0 Å². The Balaban J connectivity index is 2.16. The van der Waals surface area contributed by atoms with Crippen LogP contribution in [-0.2, 0) is 9.59 Å². The van der Waals surface area contributed by atoms with E-state index in [2.05, 4.69) is 5.32 Å². The van der Waals surface area contributed by atoms with Crippen molar-refractivity contribution in [1.82, 2.24) is 0 Å². The van der Waals surface area contributed by atoms with Gasteiger partial charge in [0.15, 0.2) is 0 Å². The van der Waals surface area contributed by atoms with Crippen molar-refractivity contribution in [3.05, 3.63) is 65.7 Å². The van der Waals surface area contributed by atoms with Crippen molar-refractivity contribution >= 4 is 17.6 Å². The number of carboxylic acids is 1. The largest absolute Gasteiger partial charge is 0.481 e. The summed E-state index contributed by atoms with van der Waals surface area (Å²) in [5.74, 6) is -2.59. The number of rotatable bonds is 6. The smallest absolute Gasteiger partial charge is 0.310 e. The highest BCUT2D eigenvalue weighted by Gasteiger charge is 2.20. The van der Waals surface area contributed by atoms with Crippen LogP contribution in [-0.4, -0.2) is 28.7 Å². The Morgan fingerprint density at radius 1 is 1.04 bits per heavy atom. The lowest BCUT2D eigenvalue weighted by atomic mass is 9.98. The second-order valence-electron chi connectivity index (χ2n) is 5.32. The topological polar surface area (TPSA) is 86.6 Å². The number of anilines is 1. The lowest BCUT2D eigenvalue weighted by Crippen LogP contribution is -2.24. The fraction of sp³-hybridized carbons (Fsp3) is 0.222. The minimum absolute atomic E-state index is 0.304. The van der Waals surface area contributed by atoms with Crippen molar-refractivity contribution in [2.75, 3.05) is 11.9 Å². The lowest BCUT2D eigenvalue weighted by Gasteiger charge is -2.16. The predicted molar refractivity (Wildman–Crippen MR) is 87.4 cm³/mol. The van der Waals surface area contributed by atoms with Gasteiger partial charge in [-0.15, -0.1) is 0 Å². The van der Waals surface area contributed by atoms with E-state index in [0.717, 1.165) is 5.56 Å². The standard InChI is InChI=1S/C18H19NO4/c1-12(18(22)23)14-8-5-9-15(10-14)19-17(21)16(11-20)13-6-3-2-4-7-13/h2-10,12,16,20H,11H2,1H3,(H,19,21)(H,22,23). The van der Waals surface area contributed by atoms with Gasteiger partial charge in [-0.2, -0.15) is 0 Å². The van der Waals surface area contributed by atoms with Gasteiger partial charge in [-0.05, 0) is 30.2 Å². The maximum atomic E-state index is 12.4. The van der Waals surface area contributed by atoms with Gasteiger partial charge in [-0.1, -0.05) is 42.5 Å². The minimum Gasteiger partial charge on any atom is -0.481 e. The fourth-order valence-corrected chi connectivity index (χ4v) is 2.28. The quantitative estimate of drug-likeness (QED) is 0.765. The zero-order valence-electron chi connectivity index (χ0n) is 12.8. The van der Waals surface area contributed by atoms with Crippen LogP contribution < -0.4 is 5.32 Å². The molecule has 0 aromatic heterocycles. The van der Waals surface area contributed by atoms with Crippen LogP contribution in [0.15, 0.2) is 54.6 Å². The number of carbonyl (C=O) groups excluding carboxylic acids is 1. The Hall–Kier alpha value is -2.66. The molecule has 2 atom stereocenters. The van der Waals surface area contributed by atoms with Crippen LogP contribution in [0.1, 0.15) is 29.9 Å². The number of carbonyl (C=O) groups is 2. The van der Waals surface area contributed by atoms with Crippen molar-refractivity contribution < 1.29 is 19.8 Å². The van der Waals surface area contributed by atoms with Crippen molar-refractivity contribution in [3.63, 3.8) is 0 Å². The molecule has 0 bridgehead atoms. The molecule has 0 saturated heterocycles. The first kappa shape index (κ1) is 16.7. The average molecular weight is 313 g/mol. The van der Waals surface area contributed by atoms with Crippen molar-refractivity contribution in [3.8, 4) is 0 Å². The zero-order chi connectivity index (χ0) is 16.8. The summed E-state index contributed by atoms with van der Waals surface area (Å²) < 4.78 is 0. The molecular weight excluding hydrogens is 294 g/mol. The van der Waals surface area contributed by atoms with Gasteiger partial charge < -0.3 is 15.5 Å². The third-order valence-corrected chi connectivity index (χ3v) is 3.73. The van der Waals surface area contributed by atoms with Gasteiger partial charge in [-0.3, -0.25) is 9.59 Å². The van der Waals surface area contributed by atoms with Gasteiger partial charge in [0.1, 0.15) is 0 Å². The third kappa shape index (κ3) is 4.17. The van der Waals surface area contributed by atoms with Crippen LogP contribution in [0.25, 0.3) is 0 Å². The number of aliphatic hydroxyl groups excluding tert-OH is 1. The van der Waals surface area contributed by atoms with E-state index in [4.69, 9.17) is 5.11 Å². The Kier molecular flexibility index (Phi) is 5.49. The third-order valence-electron chi connectivity index (χ3n) is 3.73. The maximum Gasteiger partial charge on any atom is 0.310 e. The summed E-state index contributed by atoms with van der Waals surface area (Å²) in [6.45, 7) is 1.28. The van der Waals surface area contributed by atoms with Gasteiger partial charge >= 0.3 is 5.97 Å². The first-order chi connectivity index (χ1) is 11.0. The average Bonchev–Trinajstić information content (AvgIpc) is 2.56. The van der Waals surface area contributed by atoms with Crippen LogP contribution >= 0.6 is 0 Å². The molecule has 23 heavy (non-hydrogen) atoms. The summed E-state index contributed by atoms with van der Waals surface area (Å²) in [7, 11) is 0. The fourth-order valence-electron chi connectivity index (χ4n) is 2.28. The van der Waals surface area contributed by atoms with Gasteiger partial charge in [0.2, 0.25) is 5.91 Å². The molecule has 0 spiro atoms. The molecule has 1 amide bonds. The summed E-state index contributed by atoms with van der Waals surface area (Å²) in [6.07, 6.45) is 0. The minimum atomic E-state index is -0.925. The molecule has 0 aliphatic heterocycles. The molecule has 5 heteroatoms. The molecule has 0 saturated carbocycles. The van der Waals surface area contributed by atoms with Crippen LogP contribution in [0.4, 0.5) is 5.69 Å². The summed E-state index contributed by atoms with van der Waals surface area (Å²) in [4.78, 5) is 23.4. The van der Waals surface area contributed by atoms with Crippen molar-refractivity contribution in [2.24, 2.45) is 0 Å². The Morgan fingerprint density at radius 2 is 1.70 bits per heavy atom. The second-order valence-corrected chi connectivity index (χ2v) is 5.32. The van der Waals surface area contributed by atoms with E-state index in [1.54, 1.807) is 55.5 Å². The summed E-state index contributed by atoms with van der Waals surface area (Å²) in [6, 6.07) is 15.7. The van der Waals surface area contributed by atoms with E-state index in [-0.39, 0.29) is 12.5 Å². The van der Waals surface area contributed by atoms with Crippen LogP contribution in [0, 0.1) is 0 Å². The first-order valence-electron chi connectivity index (χ1n) is 7.32. The zero-order valence-corrected chi connectivity index (χ0v) is 12.8. The van der Waals surface area contributed by atoms with Crippen molar-refractivity contribution in [2.45, 2.75) is 18.8 Å². The first-order valence-corrected chi connectivity index (χ1v) is 7.32. The molecule has 0 fully saturated rings. The maximum absolute atomic E-state index is 12.4. The molecule has 0 heterocycles. The molecule has 0 aliphatic carbocycles. The Labute approximate surface area is 134 Å². The second kappa shape index (κ2) is 7.56. The van der Waals surface area contributed by atoms with Crippen molar-refractivity contribution in [1.29, 1.82) is 0 Å². The molecule has 3 N–H and O–H groups in total. The highest BCUT2D eigenvalue weighted by molar-refractivity contribution is 5.96. The molecule has 2 unspecified atom stereocenters. The monoisotopic (exact) mass is 313 g/mol. The normalized spacial score (nSPS) is 13.1. The van der Waals surface area contributed by atoms with Crippen LogP contribution in [0.2, 0.25) is 0 Å². The van der Waals surface area contributed by atoms with Gasteiger partial charge in [0.25, 0.3) is 0 Å². The summed E-state index contributed by atoms with van der Waals surface area (Å²) in [5.41, 5.74) is 1.84. The number of hydrogen-bond acceptors (Lipinski definition) is 3. The SMILES string of the molecule is CC(C(=O)O)c1cccc(NC(=O)C(CO)c2ccccc2)c1. The van der Waals surface area contributed by atoms with E-state index in [1.807, 2.05) is 6.07 Å². The number of aliphatic carboxylic acids is 1. The van der Waals surface area contributed by atoms with E-state index < -0.39 is 17.8 Å². The number of carboxylic acid groups (broad SMARTS) is 1. The molecule has 120 valence electrons. The number of benzene rings is 2. The molecule has 0 radical (unpaired) electrons. The van der Waals surface area contributed by atoms with Gasteiger partial charge in [-0.25, -0.2) is 0 Å². The number of aliphatic hydroxyl groups is 1. The van der Waals surface area contributed by atoms with E-state index in [9.17, 15) is 14.7 Å². The number of amides is 1. The molecule has 2 rings (SSSR count). The predicted octanol–water partition coefficient (Wildman–Crippen LogP) is 2.59. The van der Waals surface area contributed by atoms with Crippen LogP contribution in [0.5, 0.6) is 0 Å². The highest BCUT2D eigenvalue weighted by Crippen LogP contribution is 2.22.